The van der Waals surface area contributed by atoms with Gasteiger partial charge in [0.1, 0.15) is 11.5 Å². The predicted octanol–water partition coefficient (Wildman–Crippen LogP) is 4.78. The maximum Gasteiger partial charge on any atom is 0.146 e. The molecule has 0 fully saturated rings. The van der Waals surface area contributed by atoms with Crippen molar-refractivity contribution in [3.63, 3.8) is 0 Å². The molecule has 2 rings (SSSR count). The maximum absolute atomic E-state index is 6.22. The van der Waals surface area contributed by atoms with Gasteiger partial charge < -0.3 is 10.5 Å². The van der Waals surface area contributed by atoms with Crippen LogP contribution >= 0.6 is 27.5 Å². The first-order valence-corrected chi connectivity index (χ1v) is 7.19. The summed E-state index contributed by atoms with van der Waals surface area (Å²) in [7, 11) is 0. The van der Waals surface area contributed by atoms with Gasteiger partial charge in [0.15, 0.2) is 0 Å². The lowest BCUT2D eigenvalue weighted by atomic mass is 10.1. The summed E-state index contributed by atoms with van der Waals surface area (Å²) in [6, 6.07) is 13.5. The third-order valence-corrected chi connectivity index (χ3v) is 3.37. The average Bonchev–Trinajstić information content (AvgIpc) is 2.32. The van der Waals surface area contributed by atoms with Crippen molar-refractivity contribution in [3.8, 4) is 11.5 Å². The molecule has 0 aliphatic rings. The fourth-order valence-corrected chi connectivity index (χ4v) is 2.40. The molecule has 0 saturated carbocycles. The molecule has 0 aliphatic carbocycles. The normalized spacial score (nSPS) is 12.2. The number of halogens is 2. The topological polar surface area (TPSA) is 35.2 Å². The second-order valence-electron chi connectivity index (χ2n) is 4.51. The van der Waals surface area contributed by atoms with Crippen molar-refractivity contribution < 1.29 is 4.74 Å². The first-order chi connectivity index (χ1) is 9.04. The number of ether oxygens (including phenoxy) is 1. The third-order valence-electron chi connectivity index (χ3n) is 2.58. The molecule has 0 heterocycles. The number of hydrogen-bond acceptors (Lipinski definition) is 2. The molecule has 2 aromatic carbocycles. The molecule has 1 atom stereocenters. The van der Waals surface area contributed by atoms with Crippen LogP contribution in [0.5, 0.6) is 11.5 Å². The maximum atomic E-state index is 6.22. The number of rotatable bonds is 4. The zero-order chi connectivity index (χ0) is 13.8. The second kappa shape index (κ2) is 6.42. The van der Waals surface area contributed by atoms with Gasteiger partial charge in [-0.15, -0.1) is 0 Å². The highest BCUT2D eigenvalue weighted by Gasteiger charge is 2.06. The van der Waals surface area contributed by atoms with Crippen LogP contribution in [0, 0.1) is 0 Å². The van der Waals surface area contributed by atoms with Gasteiger partial charge in [0.2, 0.25) is 0 Å². The van der Waals surface area contributed by atoms with E-state index in [1.54, 1.807) is 0 Å². The Balaban J connectivity index is 2.17. The molecule has 19 heavy (non-hydrogen) atoms. The molecule has 1 unspecified atom stereocenters. The summed E-state index contributed by atoms with van der Waals surface area (Å²) in [6.45, 7) is 1.97. The minimum atomic E-state index is 0.118. The molecule has 0 bridgehead atoms. The largest absolute Gasteiger partial charge is 0.456 e. The van der Waals surface area contributed by atoms with E-state index in [1.807, 2.05) is 49.4 Å². The molecule has 2 aromatic rings. The number of hydrogen-bond donors (Lipinski definition) is 1. The molecule has 2 N–H and O–H groups in total. The van der Waals surface area contributed by atoms with Crippen LogP contribution in [0.15, 0.2) is 46.9 Å². The van der Waals surface area contributed by atoms with Crippen LogP contribution in [-0.4, -0.2) is 6.04 Å². The smallest absolute Gasteiger partial charge is 0.146 e. The van der Waals surface area contributed by atoms with E-state index in [0.717, 1.165) is 22.2 Å². The molecule has 0 saturated heterocycles. The van der Waals surface area contributed by atoms with E-state index in [4.69, 9.17) is 22.1 Å². The summed E-state index contributed by atoms with van der Waals surface area (Å²) < 4.78 is 6.72. The van der Waals surface area contributed by atoms with Crippen LogP contribution in [0.2, 0.25) is 5.02 Å². The van der Waals surface area contributed by atoms with Crippen LogP contribution in [0.1, 0.15) is 12.5 Å². The van der Waals surface area contributed by atoms with Crippen LogP contribution in [0.25, 0.3) is 0 Å². The highest BCUT2D eigenvalue weighted by Crippen LogP contribution is 2.31. The van der Waals surface area contributed by atoms with Gasteiger partial charge in [0.25, 0.3) is 0 Å². The van der Waals surface area contributed by atoms with E-state index >= 15 is 0 Å². The summed E-state index contributed by atoms with van der Waals surface area (Å²) in [5.41, 5.74) is 6.89. The van der Waals surface area contributed by atoms with Crippen LogP contribution in [0.3, 0.4) is 0 Å². The van der Waals surface area contributed by atoms with Gasteiger partial charge >= 0.3 is 0 Å². The molecule has 0 radical (unpaired) electrons. The van der Waals surface area contributed by atoms with E-state index in [0.29, 0.717) is 10.8 Å². The molecular formula is C15H15BrClNO. The van der Waals surface area contributed by atoms with Gasteiger partial charge in [0, 0.05) is 10.5 Å². The number of benzene rings is 2. The van der Waals surface area contributed by atoms with Gasteiger partial charge in [-0.05, 0) is 49.2 Å². The Morgan fingerprint density at radius 2 is 2.05 bits per heavy atom. The van der Waals surface area contributed by atoms with Crippen LogP contribution in [-0.2, 0) is 6.42 Å². The van der Waals surface area contributed by atoms with Crippen molar-refractivity contribution >= 4 is 27.5 Å². The first-order valence-electron chi connectivity index (χ1n) is 6.02. The first kappa shape index (κ1) is 14.4. The molecule has 0 aliphatic heterocycles. The van der Waals surface area contributed by atoms with E-state index < -0.39 is 0 Å². The lowest BCUT2D eigenvalue weighted by Gasteiger charge is -2.10. The van der Waals surface area contributed by atoms with Crippen LogP contribution < -0.4 is 10.5 Å². The Morgan fingerprint density at radius 1 is 1.26 bits per heavy atom. The monoisotopic (exact) mass is 339 g/mol. The molecule has 0 spiro atoms. The summed E-state index contributed by atoms with van der Waals surface area (Å²) in [5, 5.41) is 0.595. The van der Waals surface area contributed by atoms with Crippen LogP contribution in [0.4, 0.5) is 0 Å². The van der Waals surface area contributed by atoms with Crippen molar-refractivity contribution in [1.82, 2.24) is 0 Å². The number of nitrogens with two attached hydrogens (primary N) is 1. The lowest BCUT2D eigenvalue weighted by molar-refractivity contribution is 0.482. The second-order valence-corrected chi connectivity index (χ2v) is 5.83. The Hall–Kier alpha value is -1.03. The summed E-state index contributed by atoms with van der Waals surface area (Å²) in [4.78, 5) is 0. The predicted molar refractivity (Wildman–Crippen MR) is 83.0 cm³/mol. The SMILES string of the molecule is CC(N)Cc1ccc(Oc2cccc(Br)c2)c(Cl)c1. The van der Waals surface area contributed by atoms with Crippen molar-refractivity contribution in [3.05, 3.63) is 57.5 Å². The van der Waals surface area contributed by atoms with Gasteiger partial charge in [0.05, 0.1) is 5.02 Å². The van der Waals surface area contributed by atoms with Crippen molar-refractivity contribution in [2.75, 3.05) is 0 Å². The summed E-state index contributed by atoms with van der Waals surface area (Å²) in [5.74, 6) is 1.39. The molecule has 0 aromatic heterocycles. The van der Waals surface area contributed by atoms with Gasteiger partial charge in [-0.2, -0.15) is 0 Å². The third kappa shape index (κ3) is 4.23. The summed E-state index contributed by atoms with van der Waals surface area (Å²) in [6.07, 6.45) is 0.802. The Labute approximate surface area is 126 Å². The Morgan fingerprint density at radius 3 is 2.68 bits per heavy atom. The van der Waals surface area contributed by atoms with Crippen molar-refractivity contribution in [2.24, 2.45) is 5.73 Å². The minimum Gasteiger partial charge on any atom is -0.456 e. The summed E-state index contributed by atoms with van der Waals surface area (Å²) >= 11 is 9.63. The zero-order valence-corrected chi connectivity index (χ0v) is 12.9. The highest BCUT2D eigenvalue weighted by atomic mass is 79.9. The van der Waals surface area contributed by atoms with Crippen molar-refractivity contribution in [2.45, 2.75) is 19.4 Å². The molecule has 100 valence electrons. The van der Waals surface area contributed by atoms with Gasteiger partial charge in [-0.25, -0.2) is 0 Å². The fourth-order valence-electron chi connectivity index (χ4n) is 1.78. The molecular weight excluding hydrogens is 326 g/mol. The van der Waals surface area contributed by atoms with E-state index in [1.165, 1.54) is 0 Å². The average molecular weight is 341 g/mol. The van der Waals surface area contributed by atoms with Gasteiger partial charge in [-0.3, -0.25) is 0 Å². The van der Waals surface area contributed by atoms with Crippen molar-refractivity contribution in [1.29, 1.82) is 0 Å². The Kier molecular flexibility index (Phi) is 4.86. The van der Waals surface area contributed by atoms with E-state index in [-0.39, 0.29) is 6.04 Å². The van der Waals surface area contributed by atoms with Gasteiger partial charge in [-0.1, -0.05) is 39.7 Å². The van der Waals surface area contributed by atoms with E-state index in [2.05, 4.69) is 15.9 Å². The highest BCUT2D eigenvalue weighted by molar-refractivity contribution is 9.10. The Bertz CT molecular complexity index is 572. The zero-order valence-electron chi connectivity index (χ0n) is 10.6. The molecule has 2 nitrogen and oxygen atoms in total. The van der Waals surface area contributed by atoms with E-state index in [9.17, 15) is 0 Å². The minimum absolute atomic E-state index is 0.118. The standard InChI is InChI=1S/C15H15BrClNO/c1-10(18)7-11-5-6-15(14(17)8-11)19-13-4-2-3-12(16)9-13/h2-6,8-10H,7,18H2,1H3. The molecule has 4 heteroatoms. The fraction of sp³-hybridized carbons (Fsp3) is 0.200. The lowest BCUT2D eigenvalue weighted by Crippen LogP contribution is -2.17. The molecule has 0 amide bonds. The quantitative estimate of drug-likeness (QED) is 0.869.